The highest BCUT2D eigenvalue weighted by molar-refractivity contribution is 6.42. The molecule has 1 amide bonds. The SMILES string of the molecule is O=C(Nc1ccc(Cl)c(Cl)c1)c1cc([N+](=O)[O-])nn1Cc1ccccc1. The Morgan fingerprint density at radius 2 is 1.85 bits per heavy atom. The number of hydrogen-bond acceptors (Lipinski definition) is 4. The third-order valence-corrected chi connectivity index (χ3v) is 4.28. The largest absolute Gasteiger partial charge is 0.390 e. The van der Waals surface area contributed by atoms with Crippen LogP contribution in [0, 0.1) is 10.1 Å². The number of aromatic nitrogens is 2. The van der Waals surface area contributed by atoms with Crippen LogP contribution in [0.15, 0.2) is 54.6 Å². The molecule has 0 saturated heterocycles. The molecule has 7 nitrogen and oxygen atoms in total. The Morgan fingerprint density at radius 1 is 1.12 bits per heavy atom. The maximum absolute atomic E-state index is 12.6. The van der Waals surface area contributed by atoms with Gasteiger partial charge in [-0.2, -0.15) is 4.68 Å². The molecule has 1 heterocycles. The molecule has 26 heavy (non-hydrogen) atoms. The van der Waals surface area contributed by atoms with E-state index in [1.807, 2.05) is 30.3 Å². The van der Waals surface area contributed by atoms with Gasteiger partial charge >= 0.3 is 5.82 Å². The quantitative estimate of drug-likeness (QED) is 0.516. The minimum absolute atomic E-state index is 0.0617. The van der Waals surface area contributed by atoms with E-state index in [9.17, 15) is 14.9 Å². The van der Waals surface area contributed by atoms with Crippen LogP contribution in [0.25, 0.3) is 0 Å². The van der Waals surface area contributed by atoms with E-state index in [-0.39, 0.29) is 17.3 Å². The molecule has 1 aromatic heterocycles. The standard InChI is InChI=1S/C17H12Cl2N4O3/c18-13-7-6-12(8-14(13)19)20-17(24)15-9-16(23(25)26)21-22(15)10-11-4-2-1-3-5-11/h1-9H,10H2,(H,20,24). The lowest BCUT2D eigenvalue weighted by Crippen LogP contribution is -2.18. The van der Waals surface area contributed by atoms with Crippen LogP contribution in [0.2, 0.25) is 10.0 Å². The Kier molecular flexibility index (Phi) is 5.20. The molecule has 0 aliphatic heterocycles. The molecule has 0 spiro atoms. The van der Waals surface area contributed by atoms with Crippen molar-refractivity contribution >= 4 is 40.6 Å². The summed E-state index contributed by atoms with van der Waals surface area (Å²) in [5.74, 6) is -0.944. The average Bonchev–Trinajstić information content (AvgIpc) is 3.03. The van der Waals surface area contributed by atoms with Gasteiger partial charge in [-0.1, -0.05) is 53.5 Å². The van der Waals surface area contributed by atoms with Crippen molar-refractivity contribution in [1.29, 1.82) is 0 Å². The molecule has 0 saturated carbocycles. The Labute approximate surface area is 158 Å². The van der Waals surface area contributed by atoms with Gasteiger partial charge in [0.05, 0.1) is 27.8 Å². The van der Waals surface area contributed by atoms with Crippen molar-refractivity contribution in [3.8, 4) is 0 Å². The minimum Gasteiger partial charge on any atom is -0.358 e. The van der Waals surface area contributed by atoms with E-state index in [0.29, 0.717) is 10.7 Å². The number of nitro groups is 1. The molecule has 0 aliphatic carbocycles. The van der Waals surface area contributed by atoms with Crippen molar-refractivity contribution in [2.24, 2.45) is 0 Å². The number of amides is 1. The summed E-state index contributed by atoms with van der Waals surface area (Å²) in [6, 6.07) is 15.0. The zero-order valence-electron chi connectivity index (χ0n) is 13.2. The Hall–Kier alpha value is -2.90. The first-order valence-corrected chi connectivity index (χ1v) is 8.22. The predicted octanol–water partition coefficient (Wildman–Crippen LogP) is 4.40. The molecule has 132 valence electrons. The summed E-state index contributed by atoms with van der Waals surface area (Å²) in [4.78, 5) is 23.0. The molecule has 0 bridgehead atoms. The predicted molar refractivity (Wildman–Crippen MR) is 98.8 cm³/mol. The highest BCUT2D eigenvalue weighted by Gasteiger charge is 2.23. The topological polar surface area (TPSA) is 90.1 Å². The fourth-order valence-electron chi connectivity index (χ4n) is 2.32. The molecule has 1 N–H and O–H groups in total. The van der Waals surface area contributed by atoms with Crippen molar-refractivity contribution in [2.75, 3.05) is 5.32 Å². The molecule has 9 heteroatoms. The molecule has 2 aromatic carbocycles. The summed E-state index contributed by atoms with van der Waals surface area (Å²) < 4.78 is 1.29. The van der Waals surface area contributed by atoms with Gasteiger partial charge in [-0.3, -0.25) is 4.79 Å². The molecule has 0 aliphatic rings. The fraction of sp³-hybridized carbons (Fsp3) is 0.0588. The van der Waals surface area contributed by atoms with E-state index in [2.05, 4.69) is 10.4 Å². The van der Waals surface area contributed by atoms with Crippen LogP contribution in [0.4, 0.5) is 11.5 Å². The van der Waals surface area contributed by atoms with Crippen LogP contribution in [0.5, 0.6) is 0 Å². The molecule has 3 rings (SSSR count). The van der Waals surface area contributed by atoms with Gasteiger partial charge in [-0.15, -0.1) is 0 Å². The molecular formula is C17H12Cl2N4O3. The second-order valence-electron chi connectivity index (χ2n) is 5.37. The van der Waals surface area contributed by atoms with Gasteiger partial charge in [0, 0.05) is 5.69 Å². The van der Waals surface area contributed by atoms with E-state index >= 15 is 0 Å². The van der Waals surface area contributed by atoms with E-state index in [1.54, 1.807) is 12.1 Å². The lowest BCUT2D eigenvalue weighted by atomic mass is 10.2. The third-order valence-electron chi connectivity index (χ3n) is 3.54. The maximum Gasteiger partial charge on any atom is 0.390 e. The molecular weight excluding hydrogens is 379 g/mol. The number of halogens is 2. The first-order valence-electron chi connectivity index (χ1n) is 7.46. The second-order valence-corrected chi connectivity index (χ2v) is 6.19. The lowest BCUT2D eigenvalue weighted by Gasteiger charge is -2.07. The number of rotatable bonds is 5. The van der Waals surface area contributed by atoms with Gasteiger partial charge in [0.15, 0.2) is 5.69 Å². The monoisotopic (exact) mass is 390 g/mol. The van der Waals surface area contributed by atoms with Crippen LogP contribution in [-0.2, 0) is 6.54 Å². The molecule has 0 unspecified atom stereocenters. The molecule has 3 aromatic rings. The van der Waals surface area contributed by atoms with Gasteiger partial charge in [-0.05, 0) is 28.7 Å². The summed E-state index contributed by atoms with van der Waals surface area (Å²) in [6.07, 6.45) is 0. The first kappa shape index (κ1) is 17.9. The zero-order valence-corrected chi connectivity index (χ0v) is 14.7. The minimum atomic E-state index is -0.641. The number of carbonyl (C=O) groups excluding carboxylic acids is 1. The van der Waals surface area contributed by atoms with Crippen LogP contribution >= 0.6 is 23.2 Å². The summed E-state index contributed by atoms with van der Waals surface area (Å²) >= 11 is 11.8. The summed E-state index contributed by atoms with van der Waals surface area (Å²) in [6.45, 7) is 0.221. The number of anilines is 1. The second kappa shape index (κ2) is 7.55. The Balaban J connectivity index is 1.90. The third kappa shape index (κ3) is 4.01. The molecule has 0 radical (unpaired) electrons. The van der Waals surface area contributed by atoms with E-state index < -0.39 is 16.6 Å². The summed E-state index contributed by atoms with van der Waals surface area (Å²) in [5, 5.41) is 18.2. The smallest absolute Gasteiger partial charge is 0.358 e. The first-order chi connectivity index (χ1) is 12.4. The van der Waals surface area contributed by atoms with Crippen LogP contribution in [0.1, 0.15) is 16.1 Å². The van der Waals surface area contributed by atoms with Crippen molar-refractivity contribution < 1.29 is 9.72 Å². The van der Waals surface area contributed by atoms with Crippen molar-refractivity contribution in [3.63, 3.8) is 0 Å². The van der Waals surface area contributed by atoms with E-state index in [1.165, 1.54) is 10.7 Å². The van der Waals surface area contributed by atoms with Crippen molar-refractivity contribution in [2.45, 2.75) is 6.54 Å². The van der Waals surface area contributed by atoms with Crippen LogP contribution in [0.3, 0.4) is 0 Å². The fourth-order valence-corrected chi connectivity index (χ4v) is 2.62. The van der Waals surface area contributed by atoms with Gasteiger partial charge in [-0.25, -0.2) is 0 Å². The van der Waals surface area contributed by atoms with Crippen LogP contribution in [-0.4, -0.2) is 20.6 Å². The highest BCUT2D eigenvalue weighted by atomic mass is 35.5. The van der Waals surface area contributed by atoms with Gasteiger partial charge in [0.2, 0.25) is 0 Å². The number of benzene rings is 2. The van der Waals surface area contributed by atoms with Crippen molar-refractivity contribution in [3.05, 3.63) is 86.0 Å². The summed E-state index contributed by atoms with van der Waals surface area (Å²) in [5.41, 5.74) is 1.33. The highest BCUT2D eigenvalue weighted by Crippen LogP contribution is 2.25. The Bertz CT molecular complexity index is 973. The van der Waals surface area contributed by atoms with Crippen LogP contribution < -0.4 is 5.32 Å². The Morgan fingerprint density at radius 3 is 2.50 bits per heavy atom. The zero-order chi connectivity index (χ0) is 18.7. The van der Waals surface area contributed by atoms with E-state index in [4.69, 9.17) is 23.2 Å². The van der Waals surface area contributed by atoms with Gasteiger partial charge < -0.3 is 15.4 Å². The van der Waals surface area contributed by atoms with Gasteiger partial charge in [0.25, 0.3) is 5.91 Å². The van der Waals surface area contributed by atoms with E-state index in [0.717, 1.165) is 11.6 Å². The summed E-state index contributed by atoms with van der Waals surface area (Å²) in [7, 11) is 0. The molecule has 0 atom stereocenters. The number of carbonyl (C=O) groups is 1. The number of nitrogens with zero attached hydrogens (tertiary/aromatic N) is 3. The normalized spacial score (nSPS) is 10.5. The average molecular weight is 391 g/mol. The van der Waals surface area contributed by atoms with Crippen molar-refractivity contribution in [1.82, 2.24) is 9.78 Å². The number of hydrogen-bond donors (Lipinski definition) is 1. The lowest BCUT2D eigenvalue weighted by molar-refractivity contribution is -0.389. The maximum atomic E-state index is 12.6. The number of nitrogens with one attached hydrogen (secondary N) is 1. The molecule has 0 fully saturated rings. The van der Waals surface area contributed by atoms with Gasteiger partial charge in [0.1, 0.15) is 0 Å².